The molecular weight excluding hydrogens is 406 g/mol. The Bertz CT molecular complexity index is 1220. The highest BCUT2D eigenvalue weighted by molar-refractivity contribution is 6.00. The van der Waals surface area contributed by atoms with Crippen molar-refractivity contribution in [2.45, 2.75) is 62.3 Å². The number of benzene rings is 1. The van der Waals surface area contributed by atoms with Crippen LogP contribution in [0.25, 0.3) is 32.6 Å². The number of hydrogen-bond acceptors (Lipinski definition) is 6. The Balaban J connectivity index is 1.31. The van der Waals surface area contributed by atoms with Crippen LogP contribution in [0.4, 0.5) is 5.82 Å². The monoisotopic (exact) mass is 431 g/mol. The van der Waals surface area contributed by atoms with Crippen molar-refractivity contribution < 1.29 is 9.47 Å². The van der Waals surface area contributed by atoms with Gasteiger partial charge in [0.1, 0.15) is 35.7 Å². The summed E-state index contributed by atoms with van der Waals surface area (Å²) in [5.74, 6) is 1.27. The number of anilines is 1. The summed E-state index contributed by atoms with van der Waals surface area (Å²) in [4.78, 5) is 11.7. The molecule has 1 aromatic carbocycles. The molecule has 0 unspecified atom stereocenters. The van der Waals surface area contributed by atoms with Gasteiger partial charge in [-0.05, 0) is 61.8 Å². The minimum Gasteiger partial charge on any atom is -0.491 e. The molecule has 2 N–H and O–H groups in total. The third kappa shape index (κ3) is 3.16. The van der Waals surface area contributed by atoms with Crippen LogP contribution in [0.2, 0.25) is 0 Å². The van der Waals surface area contributed by atoms with E-state index in [4.69, 9.17) is 20.7 Å². The Morgan fingerprint density at radius 2 is 2.12 bits per heavy atom. The van der Waals surface area contributed by atoms with Crippen molar-refractivity contribution in [2.24, 2.45) is 5.11 Å². The van der Waals surface area contributed by atoms with E-state index in [-0.39, 0.29) is 17.7 Å². The maximum Gasteiger partial charge on any atom is 0.146 e. The van der Waals surface area contributed by atoms with Gasteiger partial charge in [-0.15, -0.1) is 0 Å². The van der Waals surface area contributed by atoms with Gasteiger partial charge in [-0.2, -0.15) is 0 Å². The van der Waals surface area contributed by atoms with E-state index >= 15 is 0 Å². The average molecular weight is 432 g/mol. The van der Waals surface area contributed by atoms with Gasteiger partial charge >= 0.3 is 0 Å². The summed E-state index contributed by atoms with van der Waals surface area (Å²) in [5, 5.41) is 4.67. The molecule has 164 valence electrons. The van der Waals surface area contributed by atoms with E-state index in [0.717, 1.165) is 66.4 Å². The molecule has 6 rings (SSSR count). The fourth-order valence-corrected chi connectivity index (χ4v) is 5.41. The van der Waals surface area contributed by atoms with Crippen molar-refractivity contribution in [3.63, 3.8) is 0 Å². The fraction of sp³-hybridized carbons (Fsp3) is 0.478. The van der Waals surface area contributed by atoms with Crippen molar-refractivity contribution in [1.82, 2.24) is 14.5 Å². The molecule has 3 fully saturated rings. The molecule has 1 aliphatic carbocycles. The Hall–Kier alpha value is -3.29. The molecule has 1 saturated carbocycles. The number of rotatable bonds is 6. The van der Waals surface area contributed by atoms with E-state index < -0.39 is 0 Å². The first-order chi connectivity index (χ1) is 15.6. The van der Waals surface area contributed by atoms with Crippen LogP contribution in [0.3, 0.4) is 0 Å². The minimum absolute atomic E-state index is 0.0363. The average Bonchev–Trinajstić information content (AvgIpc) is 3.49. The molecule has 3 aliphatic rings. The van der Waals surface area contributed by atoms with E-state index in [9.17, 15) is 0 Å². The third-order valence-electron chi connectivity index (χ3n) is 7.24. The summed E-state index contributed by atoms with van der Waals surface area (Å²) >= 11 is 0. The number of nitrogens with zero attached hydrogens (tertiary/aromatic N) is 6. The molecule has 0 radical (unpaired) electrons. The smallest absolute Gasteiger partial charge is 0.146 e. The standard InChI is InChI=1S/C23H25N7O2/c24-21-20-19(11-30(22(20)27-13-26-21)16-9-15(10-16)28-29-25)14-2-1-3-18(8-14)31-12-23-6-4-17(32-23)5-7-23/h1-3,8,11,13,15-17H,4-7,9-10,12H2,(H2,24,26,27). The summed E-state index contributed by atoms with van der Waals surface area (Å²) in [6.07, 6.45) is 10.0. The lowest BCUT2D eigenvalue weighted by Crippen LogP contribution is -2.32. The second kappa shape index (κ2) is 7.39. The van der Waals surface area contributed by atoms with Gasteiger partial charge in [-0.25, -0.2) is 9.97 Å². The predicted molar refractivity (Wildman–Crippen MR) is 120 cm³/mol. The molecule has 9 nitrogen and oxygen atoms in total. The molecule has 0 atom stereocenters. The van der Waals surface area contributed by atoms with E-state index in [1.165, 1.54) is 6.33 Å². The minimum atomic E-state index is -0.109. The molecule has 9 heteroatoms. The fourth-order valence-electron chi connectivity index (χ4n) is 5.41. The number of nitrogen functional groups attached to an aromatic ring is 1. The van der Waals surface area contributed by atoms with Crippen molar-refractivity contribution in [1.29, 1.82) is 0 Å². The number of ether oxygens (including phenoxy) is 2. The topological polar surface area (TPSA) is 124 Å². The van der Waals surface area contributed by atoms with E-state index in [0.29, 0.717) is 18.5 Å². The molecule has 4 heterocycles. The normalized spacial score (nSPS) is 28.4. The Labute approximate surface area is 185 Å². The third-order valence-corrected chi connectivity index (χ3v) is 7.24. The quantitative estimate of drug-likeness (QED) is 0.341. The van der Waals surface area contributed by atoms with Crippen LogP contribution in [0, 0.1) is 0 Å². The second-order valence-electron chi connectivity index (χ2n) is 9.21. The van der Waals surface area contributed by atoms with Crippen LogP contribution in [0.1, 0.15) is 44.6 Å². The van der Waals surface area contributed by atoms with Crippen LogP contribution < -0.4 is 10.5 Å². The summed E-state index contributed by atoms with van der Waals surface area (Å²) in [5.41, 5.74) is 17.7. The molecule has 0 amide bonds. The van der Waals surface area contributed by atoms with E-state index in [1.807, 2.05) is 18.2 Å². The van der Waals surface area contributed by atoms with Gasteiger partial charge in [-0.1, -0.05) is 17.2 Å². The second-order valence-corrected chi connectivity index (χ2v) is 9.21. The Morgan fingerprint density at radius 1 is 1.28 bits per heavy atom. The first-order valence-corrected chi connectivity index (χ1v) is 11.2. The molecule has 32 heavy (non-hydrogen) atoms. The largest absolute Gasteiger partial charge is 0.491 e. The molecule has 0 spiro atoms. The highest BCUT2D eigenvalue weighted by Crippen LogP contribution is 2.44. The van der Waals surface area contributed by atoms with Crippen LogP contribution in [0.15, 0.2) is 41.9 Å². The van der Waals surface area contributed by atoms with Gasteiger partial charge in [0.25, 0.3) is 0 Å². The van der Waals surface area contributed by atoms with Crippen molar-refractivity contribution in [3.8, 4) is 16.9 Å². The van der Waals surface area contributed by atoms with Crippen LogP contribution in [-0.4, -0.2) is 38.9 Å². The zero-order valence-corrected chi connectivity index (χ0v) is 17.7. The summed E-state index contributed by atoms with van der Waals surface area (Å²) in [7, 11) is 0. The molecule has 2 aliphatic heterocycles. The van der Waals surface area contributed by atoms with Crippen LogP contribution in [0.5, 0.6) is 5.75 Å². The van der Waals surface area contributed by atoms with Crippen LogP contribution >= 0.6 is 0 Å². The molecule has 2 bridgehead atoms. The van der Waals surface area contributed by atoms with Crippen molar-refractivity contribution in [3.05, 3.63) is 47.2 Å². The zero-order chi connectivity index (χ0) is 21.7. The van der Waals surface area contributed by atoms with Gasteiger partial charge < -0.3 is 19.8 Å². The summed E-state index contributed by atoms with van der Waals surface area (Å²) < 4.78 is 14.5. The van der Waals surface area contributed by atoms with Gasteiger partial charge in [0, 0.05) is 28.8 Å². The highest BCUT2D eigenvalue weighted by atomic mass is 16.6. The lowest BCUT2D eigenvalue weighted by atomic mass is 9.87. The summed E-state index contributed by atoms with van der Waals surface area (Å²) in [6, 6.07) is 8.35. The van der Waals surface area contributed by atoms with Crippen molar-refractivity contribution in [2.75, 3.05) is 12.3 Å². The lowest BCUT2D eigenvalue weighted by molar-refractivity contribution is -0.0198. The molecule has 2 saturated heterocycles. The SMILES string of the molecule is [N-]=[N+]=NC1CC(n2cc(-c3cccc(OCC45CCC(CC4)O5)c3)c3c(N)ncnc32)C1. The molecule has 3 aromatic rings. The van der Waals surface area contributed by atoms with E-state index in [1.54, 1.807) is 0 Å². The number of fused-ring (bicyclic) bond motifs is 3. The maximum atomic E-state index is 8.69. The van der Waals surface area contributed by atoms with Gasteiger partial charge in [0.2, 0.25) is 0 Å². The molecular formula is C23H25N7O2. The maximum absolute atomic E-state index is 8.69. The Morgan fingerprint density at radius 3 is 2.88 bits per heavy atom. The molecule has 2 aromatic heterocycles. The number of hydrogen-bond donors (Lipinski definition) is 1. The lowest BCUT2D eigenvalue weighted by Gasteiger charge is -2.33. The Kier molecular flexibility index (Phi) is 4.48. The number of nitrogens with two attached hydrogens (primary N) is 1. The summed E-state index contributed by atoms with van der Waals surface area (Å²) in [6.45, 7) is 0.586. The predicted octanol–water partition coefficient (Wildman–Crippen LogP) is 4.78. The first-order valence-electron chi connectivity index (χ1n) is 11.2. The zero-order valence-electron chi connectivity index (χ0n) is 17.7. The van der Waals surface area contributed by atoms with E-state index in [2.05, 4.69) is 36.8 Å². The first kappa shape index (κ1) is 19.4. The van der Waals surface area contributed by atoms with Gasteiger partial charge in [-0.3, -0.25) is 0 Å². The highest BCUT2D eigenvalue weighted by Gasteiger charge is 2.46. The van der Waals surface area contributed by atoms with Gasteiger partial charge in [0.05, 0.1) is 11.5 Å². The van der Waals surface area contributed by atoms with Gasteiger partial charge in [0.15, 0.2) is 0 Å². The number of azide groups is 1. The van der Waals surface area contributed by atoms with Crippen molar-refractivity contribution >= 4 is 16.9 Å². The number of aromatic nitrogens is 3. The van der Waals surface area contributed by atoms with Crippen LogP contribution in [-0.2, 0) is 4.74 Å².